The summed E-state index contributed by atoms with van der Waals surface area (Å²) in [6, 6.07) is 8.67. The Morgan fingerprint density at radius 2 is 1.16 bits per heavy atom. The van der Waals surface area contributed by atoms with E-state index >= 15 is 0 Å². The molecule has 1 aromatic carbocycles. The van der Waals surface area contributed by atoms with E-state index in [0.29, 0.717) is 21.7 Å². The molecule has 11 fully saturated rings. The maximum atomic E-state index is 2.90. The molecule has 10 bridgehead atoms. The fourth-order valence-electron chi connectivity index (χ4n) is 15.9. The minimum Gasteiger partial charge on any atom is -0.0596 e. The van der Waals surface area contributed by atoms with Crippen LogP contribution in [0.25, 0.3) is 0 Å². The second-order valence-corrected chi connectivity index (χ2v) is 19.2. The molecule has 0 heterocycles. The molecule has 0 amide bonds. The van der Waals surface area contributed by atoms with Crippen molar-refractivity contribution in [3.8, 4) is 0 Å². The number of benzene rings is 1. The lowest BCUT2D eigenvalue weighted by Gasteiger charge is -2.62. The molecule has 9 unspecified atom stereocenters. The minimum absolute atomic E-state index is 0.512. The van der Waals surface area contributed by atoms with Gasteiger partial charge in [0.1, 0.15) is 0 Å². The molecule has 0 nitrogen and oxygen atoms in total. The highest BCUT2D eigenvalue weighted by atomic mass is 14.7. The van der Waals surface area contributed by atoms with Gasteiger partial charge in [0.15, 0.2) is 0 Å². The van der Waals surface area contributed by atoms with Crippen LogP contribution < -0.4 is 0 Å². The molecule has 0 heteroatoms. The van der Waals surface area contributed by atoms with E-state index in [1.165, 1.54) is 64.2 Å². The van der Waals surface area contributed by atoms with Crippen LogP contribution in [0.3, 0.4) is 0 Å². The van der Waals surface area contributed by atoms with Crippen molar-refractivity contribution < 1.29 is 0 Å². The van der Waals surface area contributed by atoms with Gasteiger partial charge >= 0.3 is 0 Å². The summed E-state index contributed by atoms with van der Waals surface area (Å²) in [5, 5.41) is 0. The van der Waals surface area contributed by atoms with Gasteiger partial charge in [-0.25, -0.2) is 0 Å². The number of hydrogen-bond donors (Lipinski definition) is 0. The van der Waals surface area contributed by atoms with Crippen LogP contribution in [0.2, 0.25) is 0 Å². The van der Waals surface area contributed by atoms with E-state index in [1.807, 2.05) is 16.7 Å². The van der Waals surface area contributed by atoms with Crippen molar-refractivity contribution in [2.24, 2.45) is 57.7 Å². The minimum atomic E-state index is 0.512. The Hall–Kier alpha value is -0.780. The Bertz CT molecular complexity index is 1190. The zero-order valence-corrected chi connectivity index (χ0v) is 24.7. The normalized spacial score (nSPS) is 60.4. The fraction of sp³-hybridized carbons (Fsp3) is 0.842. The lowest BCUT2D eigenvalue weighted by Crippen LogP contribution is -2.53. The van der Waals surface area contributed by atoms with Gasteiger partial charge in [0.25, 0.3) is 0 Å². The molecule has 38 heavy (non-hydrogen) atoms. The van der Waals surface area contributed by atoms with Gasteiger partial charge in [-0.05, 0) is 194 Å². The van der Waals surface area contributed by atoms with Gasteiger partial charge in [-0.2, -0.15) is 0 Å². The predicted octanol–water partition coefficient (Wildman–Crippen LogP) is 9.94. The maximum Gasteiger partial charge on any atom is -0.00361 e. The Morgan fingerprint density at radius 3 is 1.79 bits per heavy atom. The second-order valence-electron chi connectivity index (χ2n) is 19.2. The molecular formula is C38H52. The van der Waals surface area contributed by atoms with Gasteiger partial charge in [0.2, 0.25) is 0 Å². The molecule has 204 valence electrons. The van der Waals surface area contributed by atoms with Crippen molar-refractivity contribution in [1.29, 1.82) is 0 Å². The van der Waals surface area contributed by atoms with Crippen LogP contribution in [0.15, 0.2) is 18.2 Å². The van der Waals surface area contributed by atoms with Crippen molar-refractivity contribution in [3.05, 3.63) is 34.9 Å². The number of fused-ring (bicyclic) bond motifs is 1. The average molecular weight is 509 g/mol. The second kappa shape index (κ2) is 6.81. The smallest absolute Gasteiger partial charge is 0.00361 e. The molecule has 12 rings (SSSR count). The predicted molar refractivity (Wildman–Crippen MR) is 155 cm³/mol. The first-order chi connectivity index (χ1) is 18.1. The van der Waals surface area contributed by atoms with Crippen LogP contribution in [0, 0.1) is 57.7 Å². The summed E-state index contributed by atoms with van der Waals surface area (Å²) in [5.74, 6) is 8.10. The SMILES string of the molecule is CC12CC3CC(C1)CC(c1cc(C4CC5CC6C(C4)CC6(C)C5)cc(C45CC6CC(C)(CC6C4)C5)c1)(C3)C2. The topological polar surface area (TPSA) is 0 Å². The van der Waals surface area contributed by atoms with Gasteiger partial charge in [0.05, 0.1) is 0 Å². The molecule has 0 N–H and O–H groups in total. The molecule has 1 aromatic rings. The summed E-state index contributed by atoms with van der Waals surface area (Å²) in [4.78, 5) is 0. The fourth-order valence-corrected chi connectivity index (χ4v) is 15.9. The van der Waals surface area contributed by atoms with E-state index < -0.39 is 0 Å². The van der Waals surface area contributed by atoms with Gasteiger partial charge in [-0.15, -0.1) is 0 Å². The van der Waals surface area contributed by atoms with Crippen molar-refractivity contribution >= 4 is 0 Å². The van der Waals surface area contributed by atoms with Crippen molar-refractivity contribution in [2.75, 3.05) is 0 Å². The van der Waals surface area contributed by atoms with Crippen molar-refractivity contribution in [3.63, 3.8) is 0 Å². The van der Waals surface area contributed by atoms with Crippen LogP contribution in [-0.2, 0) is 10.8 Å². The van der Waals surface area contributed by atoms with E-state index in [1.54, 1.807) is 38.5 Å². The van der Waals surface area contributed by atoms with Gasteiger partial charge < -0.3 is 0 Å². The quantitative estimate of drug-likeness (QED) is 0.381. The van der Waals surface area contributed by atoms with Gasteiger partial charge in [0, 0.05) is 0 Å². The highest BCUT2D eigenvalue weighted by Gasteiger charge is 2.62. The summed E-state index contributed by atoms with van der Waals surface area (Å²) in [6.45, 7) is 8.01. The molecule has 0 aliphatic heterocycles. The highest BCUT2D eigenvalue weighted by molar-refractivity contribution is 5.44. The van der Waals surface area contributed by atoms with Crippen molar-refractivity contribution in [2.45, 2.75) is 140 Å². The summed E-state index contributed by atoms with van der Waals surface area (Å²) in [7, 11) is 0. The zero-order chi connectivity index (χ0) is 25.3. The summed E-state index contributed by atoms with van der Waals surface area (Å²) < 4.78 is 0. The zero-order valence-electron chi connectivity index (χ0n) is 24.7. The van der Waals surface area contributed by atoms with Crippen molar-refractivity contribution in [1.82, 2.24) is 0 Å². The standard InChI is InChI=1S/C38H52/c1-34-11-24-4-25(12-34)15-37(14-24,21-34)31-8-27(26-5-23-6-33-28(7-26)18-36(33,3)13-23)9-32(10-31)38-19-29-16-35(2,22-38)17-30(29)20-38/h8-10,23-26,28-30,33H,4-7,11-22H2,1-3H3. The van der Waals surface area contributed by atoms with Gasteiger partial charge in [-0.1, -0.05) is 39.0 Å². The van der Waals surface area contributed by atoms with Crippen LogP contribution in [-0.4, -0.2) is 0 Å². The van der Waals surface area contributed by atoms with E-state index in [-0.39, 0.29) is 0 Å². The van der Waals surface area contributed by atoms with Crippen LogP contribution >= 0.6 is 0 Å². The average Bonchev–Trinajstić information content (AvgIpc) is 3.26. The third-order valence-corrected chi connectivity index (χ3v) is 16.0. The van der Waals surface area contributed by atoms with E-state index in [4.69, 9.17) is 0 Å². The summed E-state index contributed by atoms with van der Waals surface area (Å²) in [5.41, 5.74) is 8.61. The first kappa shape index (κ1) is 22.9. The van der Waals surface area contributed by atoms with E-state index in [9.17, 15) is 0 Å². The summed E-state index contributed by atoms with van der Waals surface area (Å²) >= 11 is 0. The Morgan fingerprint density at radius 1 is 0.526 bits per heavy atom. The Balaban J connectivity index is 1.10. The molecule has 11 aliphatic carbocycles. The number of hydrogen-bond acceptors (Lipinski definition) is 0. The lowest BCUT2D eigenvalue weighted by molar-refractivity contribution is -0.0616. The third-order valence-electron chi connectivity index (χ3n) is 16.0. The van der Waals surface area contributed by atoms with E-state index in [2.05, 4.69) is 39.0 Å². The Kier molecular flexibility index (Phi) is 4.10. The van der Waals surface area contributed by atoms with Crippen LogP contribution in [0.5, 0.6) is 0 Å². The highest BCUT2D eigenvalue weighted by Crippen LogP contribution is 2.71. The Labute approximate surface area is 232 Å². The lowest BCUT2D eigenvalue weighted by atomic mass is 9.43. The maximum absolute atomic E-state index is 2.90. The van der Waals surface area contributed by atoms with Gasteiger partial charge in [-0.3, -0.25) is 0 Å². The summed E-state index contributed by atoms with van der Waals surface area (Å²) in [6.07, 6.45) is 24.5. The monoisotopic (exact) mass is 508 g/mol. The van der Waals surface area contributed by atoms with E-state index in [0.717, 1.165) is 52.8 Å². The first-order valence-electron chi connectivity index (χ1n) is 17.3. The molecule has 0 radical (unpaired) electrons. The molecule has 9 atom stereocenters. The molecule has 0 saturated heterocycles. The molecule has 0 spiro atoms. The first-order valence-corrected chi connectivity index (χ1v) is 17.3. The molecular weight excluding hydrogens is 456 g/mol. The molecule has 0 aromatic heterocycles. The largest absolute Gasteiger partial charge is 0.0596 e. The number of rotatable bonds is 3. The molecule has 11 aliphatic rings. The van der Waals surface area contributed by atoms with Crippen LogP contribution in [0.1, 0.15) is 146 Å². The van der Waals surface area contributed by atoms with Crippen LogP contribution in [0.4, 0.5) is 0 Å². The molecule has 11 saturated carbocycles. The third kappa shape index (κ3) is 2.90.